The van der Waals surface area contributed by atoms with Crippen LogP contribution < -0.4 is 5.32 Å². The van der Waals surface area contributed by atoms with Gasteiger partial charge in [0.2, 0.25) is 0 Å². The van der Waals surface area contributed by atoms with Crippen LogP contribution in [0.4, 0.5) is 4.39 Å². The Morgan fingerprint density at radius 3 is 2.86 bits per heavy atom. The summed E-state index contributed by atoms with van der Waals surface area (Å²) in [6.07, 6.45) is 0. The number of carbonyl (C=O) groups is 1. The van der Waals surface area contributed by atoms with Crippen LogP contribution in [0.25, 0.3) is 11.0 Å². The molecule has 21 heavy (non-hydrogen) atoms. The van der Waals surface area contributed by atoms with Crippen molar-refractivity contribution in [2.45, 2.75) is 13.5 Å². The molecular weight excluding hydrogens is 269 g/mol. The molecule has 2 N–H and O–H groups in total. The highest BCUT2D eigenvalue weighted by molar-refractivity contribution is 5.94. The van der Waals surface area contributed by atoms with E-state index < -0.39 is 11.7 Å². The Morgan fingerprint density at radius 2 is 2.10 bits per heavy atom. The van der Waals surface area contributed by atoms with Crippen LogP contribution in [0.2, 0.25) is 0 Å². The summed E-state index contributed by atoms with van der Waals surface area (Å²) in [5.41, 5.74) is 2.56. The largest absolute Gasteiger partial charge is 0.345 e. The second-order valence-electron chi connectivity index (χ2n) is 4.87. The zero-order valence-corrected chi connectivity index (χ0v) is 11.5. The molecule has 0 spiro atoms. The topological polar surface area (TPSA) is 57.8 Å². The van der Waals surface area contributed by atoms with Crippen LogP contribution in [0, 0.1) is 12.7 Å². The van der Waals surface area contributed by atoms with Gasteiger partial charge in [0, 0.05) is 0 Å². The molecule has 0 bridgehead atoms. The van der Waals surface area contributed by atoms with Gasteiger partial charge in [-0.15, -0.1) is 0 Å². The Bertz CT molecular complexity index is 777. The fourth-order valence-corrected chi connectivity index (χ4v) is 2.15. The molecule has 4 nitrogen and oxygen atoms in total. The first-order chi connectivity index (χ1) is 10.1. The zero-order chi connectivity index (χ0) is 14.8. The molecule has 0 aliphatic rings. The van der Waals surface area contributed by atoms with Crippen molar-refractivity contribution in [2.75, 3.05) is 0 Å². The number of H-pyrrole nitrogens is 1. The molecule has 0 saturated heterocycles. The number of hydrogen-bond acceptors (Lipinski definition) is 2. The molecule has 5 heteroatoms. The molecule has 0 fully saturated rings. The lowest BCUT2D eigenvalue weighted by Crippen LogP contribution is -2.24. The Morgan fingerprint density at radius 1 is 1.29 bits per heavy atom. The lowest BCUT2D eigenvalue weighted by molar-refractivity contribution is 0.0946. The first-order valence-corrected chi connectivity index (χ1v) is 6.61. The third kappa shape index (κ3) is 2.76. The molecule has 106 valence electrons. The number of benzene rings is 2. The molecule has 0 aliphatic heterocycles. The Balaban J connectivity index is 1.73. The minimum atomic E-state index is -0.517. The number of aromatic amines is 1. The summed E-state index contributed by atoms with van der Waals surface area (Å²) in [6, 6.07) is 12.1. The van der Waals surface area contributed by atoms with Crippen molar-refractivity contribution in [3.63, 3.8) is 0 Å². The molecule has 1 amide bonds. The van der Waals surface area contributed by atoms with Gasteiger partial charge in [0.1, 0.15) is 11.6 Å². The smallest absolute Gasteiger partial charge is 0.254 e. The van der Waals surface area contributed by atoms with Crippen molar-refractivity contribution in [3.05, 3.63) is 65.2 Å². The van der Waals surface area contributed by atoms with Gasteiger partial charge in [0.05, 0.1) is 23.1 Å². The summed E-state index contributed by atoms with van der Waals surface area (Å²) in [6.45, 7) is 2.00. The van der Waals surface area contributed by atoms with Crippen LogP contribution in [0.5, 0.6) is 0 Å². The molecule has 3 aromatic rings. The normalized spacial score (nSPS) is 10.8. The predicted molar refractivity (Wildman–Crippen MR) is 78.4 cm³/mol. The van der Waals surface area contributed by atoms with Gasteiger partial charge in [-0.25, -0.2) is 9.37 Å². The fourth-order valence-electron chi connectivity index (χ4n) is 2.15. The Kier molecular flexibility index (Phi) is 3.39. The van der Waals surface area contributed by atoms with Gasteiger partial charge < -0.3 is 10.3 Å². The number of fused-ring (bicyclic) bond motifs is 1. The molecule has 0 atom stereocenters. The van der Waals surface area contributed by atoms with Gasteiger partial charge in [-0.3, -0.25) is 4.79 Å². The average molecular weight is 283 g/mol. The van der Waals surface area contributed by atoms with Gasteiger partial charge in [0.25, 0.3) is 5.91 Å². The average Bonchev–Trinajstić information content (AvgIpc) is 2.87. The third-order valence-electron chi connectivity index (χ3n) is 3.22. The standard InChI is InChI=1S/C16H14FN3O/c1-10-6-7-11(12(17)8-10)16(21)18-9-15-19-13-4-2-3-5-14(13)20-15/h2-8H,9H2,1H3,(H,18,21)(H,19,20). The van der Waals surface area contributed by atoms with Crippen LogP contribution in [-0.2, 0) is 6.54 Å². The molecule has 2 aromatic carbocycles. The molecule has 0 saturated carbocycles. The van der Waals surface area contributed by atoms with Crippen LogP contribution in [-0.4, -0.2) is 15.9 Å². The first-order valence-electron chi connectivity index (χ1n) is 6.61. The van der Waals surface area contributed by atoms with Crippen LogP contribution in [0.3, 0.4) is 0 Å². The van der Waals surface area contributed by atoms with Gasteiger partial charge in [-0.1, -0.05) is 18.2 Å². The van der Waals surface area contributed by atoms with E-state index in [1.807, 2.05) is 24.3 Å². The summed E-state index contributed by atoms with van der Waals surface area (Å²) < 4.78 is 13.7. The number of imidazole rings is 1. The Labute approximate surface area is 121 Å². The zero-order valence-electron chi connectivity index (χ0n) is 11.5. The van der Waals surface area contributed by atoms with Gasteiger partial charge >= 0.3 is 0 Å². The molecule has 3 rings (SSSR count). The van der Waals surface area contributed by atoms with Gasteiger partial charge in [-0.2, -0.15) is 0 Å². The van der Waals surface area contributed by atoms with Crippen molar-refractivity contribution in [1.82, 2.24) is 15.3 Å². The van der Waals surface area contributed by atoms with Crippen molar-refractivity contribution < 1.29 is 9.18 Å². The minimum absolute atomic E-state index is 0.0386. The molecule has 0 radical (unpaired) electrons. The van der Waals surface area contributed by atoms with Gasteiger partial charge in [-0.05, 0) is 36.8 Å². The van der Waals surface area contributed by atoms with E-state index in [9.17, 15) is 9.18 Å². The maximum atomic E-state index is 13.7. The number of hydrogen-bond donors (Lipinski definition) is 2. The summed E-state index contributed by atoms with van der Waals surface area (Å²) in [5.74, 6) is -0.331. The number of amides is 1. The quantitative estimate of drug-likeness (QED) is 0.776. The SMILES string of the molecule is Cc1ccc(C(=O)NCc2nc3ccccc3[nH]2)c(F)c1. The molecule has 1 aromatic heterocycles. The van der Waals surface area contributed by atoms with Crippen molar-refractivity contribution >= 4 is 16.9 Å². The summed E-state index contributed by atoms with van der Waals surface area (Å²) >= 11 is 0. The van der Waals surface area contributed by atoms with E-state index in [0.29, 0.717) is 5.82 Å². The number of rotatable bonds is 3. The summed E-state index contributed by atoms with van der Waals surface area (Å²) in [4.78, 5) is 19.4. The van der Waals surface area contributed by atoms with Crippen molar-refractivity contribution in [3.8, 4) is 0 Å². The van der Waals surface area contributed by atoms with E-state index in [1.54, 1.807) is 13.0 Å². The number of carbonyl (C=O) groups excluding carboxylic acids is 1. The minimum Gasteiger partial charge on any atom is -0.345 e. The van der Waals surface area contributed by atoms with E-state index in [0.717, 1.165) is 16.6 Å². The third-order valence-corrected chi connectivity index (χ3v) is 3.22. The van der Waals surface area contributed by atoms with E-state index in [4.69, 9.17) is 0 Å². The maximum Gasteiger partial charge on any atom is 0.254 e. The lowest BCUT2D eigenvalue weighted by atomic mass is 10.1. The Hall–Kier alpha value is -2.69. The highest BCUT2D eigenvalue weighted by Gasteiger charge is 2.12. The first kappa shape index (κ1) is 13.3. The monoisotopic (exact) mass is 283 g/mol. The van der Waals surface area contributed by atoms with E-state index in [-0.39, 0.29) is 12.1 Å². The fraction of sp³-hybridized carbons (Fsp3) is 0.125. The van der Waals surface area contributed by atoms with E-state index in [2.05, 4.69) is 15.3 Å². The lowest BCUT2D eigenvalue weighted by Gasteiger charge is -2.05. The van der Waals surface area contributed by atoms with Crippen LogP contribution >= 0.6 is 0 Å². The van der Waals surface area contributed by atoms with Gasteiger partial charge in [0.15, 0.2) is 0 Å². The number of halogens is 1. The van der Waals surface area contributed by atoms with Crippen molar-refractivity contribution in [1.29, 1.82) is 0 Å². The van der Waals surface area contributed by atoms with E-state index in [1.165, 1.54) is 12.1 Å². The molecule has 0 unspecified atom stereocenters. The molecule has 0 aliphatic carbocycles. The molecular formula is C16H14FN3O. The van der Waals surface area contributed by atoms with Crippen LogP contribution in [0.1, 0.15) is 21.7 Å². The highest BCUT2D eigenvalue weighted by atomic mass is 19.1. The summed E-state index contributed by atoms with van der Waals surface area (Å²) in [5, 5.41) is 2.66. The number of nitrogens with zero attached hydrogens (tertiary/aromatic N) is 1. The number of aryl methyl sites for hydroxylation is 1. The number of aromatic nitrogens is 2. The van der Waals surface area contributed by atoms with Crippen molar-refractivity contribution in [2.24, 2.45) is 0 Å². The summed E-state index contributed by atoms with van der Waals surface area (Å²) in [7, 11) is 0. The number of para-hydroxylation sites is 2. The second kappa shape index (κ2) is 5.36. The van der Waals surface area contributed by atoms with Crippen LogP contribution in [0.15, 0.2) is 42.5 Å². The highest BCUT2D eigenvalue weighted by Crippen LogP contribution is 2.12. The molecule has 1 heterocycles. The van der Waals surface area contributed by atoms with E-state index >= 15 is 0 Å². The predicted octanol–water partition coefficient (Wildman–Crippen LogP) is 2.94. The maximum absolute atomic E-state index is 13.7. The number of nitrogens with one attached hydrogen (secondary N) is 2. The second-order valence-corrected chi connectivity index (χ2v) is 4.87.